The van der Waals surface area contributed by atoms with Crippen molar-refractivity contribution in [3.63, 3.8) is 0 Å². The van der Waals surface area contributed by atoms with Crippen molar-refractivity contribution in [1.82, 2.24) is 19.9 Å². The molecule has 1 fully saturated rings. The van der Waals surface area contributed by atoms with Crippen molar-refractivity contribution < 1.29 is 17.6 Å². The van der Waals surface area contributed by atoms with Crippen LogP contribution in [0.5, 0.6) is 5.75 Å². The lowest BCUT2D eigenvalue weighted by Gasteiger charge is -2.08. The van der Waals surface area contributed by atoms with Crippen LogP contribution in [-0.2, 0) is 16.6 Å². The van der Waals surface area contributed by atoms with Gasteiger partial charge in [0.25, 0.3) is 5.89 Å². The van der Waals surface area contributed by atoms with Gasteiger partial charge < -0.3 is 14.1 Å². The van der Waals surface area contributed by atoms with Gasteiger partial charge >= 0.3 is 0 Å². The Morgan fingerprint density at radius 2 is 1.93 bits per heavy atom. The number of aryl methyl sites for hydroxylation is 1. The number of hydrogen-bond donors (Lipinski definition) is 2. The molecule has 0 saturated heterocycles. The van der Waals surface area contributed by atoms with Crippen molar-refractivity contribution in [1.29, 1.82) is 0 Å². The van der Waals surface area contributed by atoms with Crippen molar-refractivity contribution in [2.45, 2.75) is 44.0 Å². The van der Waals surface area contributed by atoms with E-state index in [4.69, 9.17) is 9.15 Å². The number of sulfonamides is 1. The number of rotatable bonds is 7. The highest BCUT2D eigenvalue weighted by Gasteiger charge is 2.31. The van der Waals surface area contributed by atoms with E-state index in [9.17, 15) is 8.42 Å². The molecule has 0 amide bonds. The minimum atomic E-state index is -3.72. The summed E-state index contributed by atoms with van der Waals surface area (Å²) in [5.74, 6) is 1.99. The van der Waals surface area contributed by atoms with Crippen LogP contribution < -0.4 is 9.46 Å². The van der Waals surface area contributed by atoms with Crippen molar-refractivity contribution in [3.8, 4) is 17.3 Å². The molecule has 0 radical (unpaired) electrons. The molecular weight excluding hydrogens is 380 g/mol. The molecular formula is C19H22N4O4S. The van der Waals surface area contributed by atoms with Crippen LogP contribution >= 0.6 is 0 Å². The zero-order valence-electron chi connectivity index (χ0n) is 15.9. The van der Waals surface area contributed by atoms with Gasteiger partial charge in [-0.15, -0.1) is 10.2 Å². The summed E-state index contributed by atoms with van der Waals surface area (Å²) in [6.07, 6.45) is 2.11. The molecule has 3 aromatic rings. The van der Waals surface area contributed by atoms with Gasteiger partial charge in [0.2, 0.25) is 15.9 Å². The third-order valence-corrected chi connectivity index (χ3v) is 6.52. The number of methoxy groups -OCH3 is 1. The minimum absolute atomic E-state index is 0.179. The van der Waals surface area contributed by atoms with Gasteiger partial charge in [-0.1, -0.05) is 12.1 Å². The molecule has 1 aromatic carbocycles. The summed E-state index contributed by atoms with van der Waals surface area (Å²) < 4.78 is 39.3. The smallest absolute Gasteiger partial charge is 0.264 e. The van der Waals surface area contributed by atoms with Gasteiger partial charge in [0.15, 0.2) is 0 Å². The molecule has 2 heterocycles. The first-order valence-corrected chi connectivity index (χ1v) is 10.5. The highest BCUT2D eigenvalue weighted by molar-refractivity contribution is 7.89. The summed E-state index contributed by atoms with van der Waals surface area (Å²) >= 11 is 0. The predicted octanol–water partition coefficient (Wildman–Crippen LogP) is 3.05. The lowest BCUT2D eigenvalue weighted by atomic mass is 10.2. The van der Waals surface area contributed by atoms with E-state index in [1.807, 2.05) is 12.1 Å². The SMILES string of the molecule is COc1ccc(CNS(=O)(=O)c2c(C)[nH]c(-c3nnc(C4CC4)o3)c2C)cc1. The topological polar surface area (TPSA) is 110 Å². The predicted molar refractivity (Wildman–Crippen MR) is 103 cm³/mol. The molecule has 0 bridgehead atoms. The van der Waals surface area contributed by atoms with E-state index < -0.39 is 10.0 Å². The maximum atomic E-state index is 12.9. The highest BCUT2D eigenvalue weighted by atomic mass is 32.2. The second kappa shape index (κ2) is 7.06. The standard InChI is InChI=1S/C19H22N4O4S/c1-11-16(19-23-22-18(27-19)14-6-7-14)21-12(2)17(11)28(24,25)20-10-13-4-8-15(26-3)9-5-13/h4-5,8-9,14,20-21H,6-7,10H2,1-3H3. The number of nitrogens with one attached hydrogen (secondary N) is 2. The van der Waals surface area contributed by atoms with Gasteiger partial charge in [0.1, 0.15) is 16.3 Å². The quantitative estimate of drug-likeness (QED) is 0.628. The number of H-pyrrole nitrogens is 1. The lowest BCUT2D eigenvalue weighted by molar-refractivity contribution is 0.414. The third-order valence-electron chi connectivity index (χ3n) is 4.84. The van der Waals surface area contributed by atoms with Crippen LogP contribution in [0.2, 0.25) is 0 Å². The first kappa shape index (κ1) is 18.7. The van der Waals surface area contributed by atoms with Crippen LogP contribution in [0.15, 0.2) is 33.6 Å². The molecule has 8 nitrogen and oxygen atoms in total. The van der Waals surface area contributed by atoms with E-state index in [1.165, 1.54) is 0 Å². The molecule has 0 spiro atoms. The Hall–Kier alpha value is -2.65. The molecule has 0 unspecified atom stereocenters. The molecule has 4 rings (SSSR count). The number of ether oxygens (including phenoxy) is 1. The molecule has 2 aromatic heterocycles. The van der Waals surface area contributed by atoms with Gasteiger partial charge in [-0.25, -0.2) is 13.1 Å². The van der Waals surface area contributed by atoms with E-state index in [1.54, 1.807) is 33.1 Å². The fourth-order valence-electron chi connectivity index (χ4n) is 3.17. The number of aromatic nitrogens is 3. The van der Waals surface area contributed by atoms with Crippen LogP contribution in [0.25, 0.3) is 11.6 Å². The second-order valence-electron chi connectivity index (χ2n) is 6.97. The Morgan fingerprint density at radius 3 is 2.57 bits per heavy atom. The monoisotopic (exact) mass is 402 g/mol. The van der Waals surface area contributed by atoms with E-state index in [0.717, 1.165) is 24.2 Å². The van der Waals surface area contributed by atoms with Crippen molar-refractivity contribution in [3.05, 3.63) is 47.0 Å². The summed E-state index contributed by atoms with van der Waals surface area (Å²) in [5, 5.41) is 8.15. The van der Waals surface area contributed by atoms with Gasteiger partial charge in [-0.05, 0) is 49.9 Å². The number of hydrogen-bond acceptors (Lipinski definition) is 6. The average molecular weight is 402 g/mol. The Labute approximate surface area is 163 Å². The van der Waals surface area contributed by atoms with E-state index in [0.29, 0.717) is 34.7 Å². The maximum absolute atomic E-state index is 12.9. The van der Waals surface area contributed by atoms with Crippen LogP contribution in [0.3, 0.4) is 0 Å². The lowest BCUT2D eigenvalue weighted by Crippen LogP contribution is -2.24. The fourth-order valence-corrected chi connectivity index (χ4v) is 4.63. The summed E-state index contributed by atoms with van der Waals surface area (Å²) in [7, 11) is -2.14. The summed E-state index contributed by atoms with van der Waals surface area (Å²) in [6, 6.07) is 7.23. The first-order chi connectivity index (χ1) is 13.4. The fraction of sp³-hybridized carbons (Fsp3) is 0.368. The van der Waals surface area contributed by atoms with Crippen molar-refractivity contribution >= 4 is 10.0 Å². The summed E-state index contributed by atoms with van der Waals surface area (Å²) in [6.45, 7) is 3.64. The van der Waals surface area contributed by atoms with Crippen LogP contribution in [0.4, 0.5) is 0 Å². The van der Waals surface area contributed by atoms with E-state index in [2.05, 4.69) is 19.9 Å². The molecule has 28 heavy (non-hydrogen) atoms. The minimum Gasteiger partial charge on any atom is -0.497 e. The molecule has 2 N–H and O–H groups in total. The summed E-state index contributed by atoms with van der Waals surface area (Å²) in [4.78, 5) is 3.30. The first-order valence-electron chi connectivity index (χ1n) is 9.04. The molecule has 0 atom stereocenters. The second-order valence-corrected chi connectivity index (χ2v) is 8.68. The Balaban J connectivity index is 1.57. The van der Waals surface area contributed by atoms with Gasteiger partial charge in [0, 0.05) is 18.2 Å². The molecule has 1 aliphatic carbocycles. The normalized spacial score (nSPS) is 14.4. The number of benzene rings is 1. The largest absolute Gasteiger partial charge is 0.497 e. The third kappa shape index (κ3) is 3.55. The Morgan fingerprint density at radius 1 is 1.21 bits per heavy atom. The van der Waals surface area contributed by atoms with Gasteiger partial charge in [0.05, 0.1) is 7.11 Å². The van der Waals surface area contributed by atoms with Crippen LogP contribution in [-0.4, -0.2) is 30.7 Å². The van der Waals surface area contributed by atoms with E-state index in [-0.39, 0.29) is 11.4 Å². The van der Waals surface area contributed by atoms with Crippen LogP contribution in [0, 0.1) is 13.8 Å². The molecule has 1 saturated carbocycles. The molecule has 148 valence electrons. The highest BCUT2D eigenvalue weighted by Crippen LogP contribution is 2.40. The molecule has 9 heteroatoms. The zero-order valence-corrected chi connectivity index (χ0v) is 16.8. The van der Waals surface area contributed by atoms with Crippen molar-refractivity contribution in [2.75, 3.05) is 7.11 Å². The average Bonchev–Trinajstić information content (AvgIpc) is 3.33. The zero-order chi connectivity index (χ0) is 19.9. The van der Waals surface area contributed by atoms with E-state index >= 15 is 0 Å². The van der Waals surface area contributed by atoms with Gasteiger partial charge in [-0.3, -0.25) is 0 Å². The Kier molecular flexibility index (Phi) is 4.72. The number of aromatic amines is 1. The molecule has 0 aliphatic heterocycles. The van der Waals surface area contributed by atoms with Crippen molar-refractivity contribution in [2.24, 2.45) is 0 Å². The van der Waals surface area contributed by atoms with Crippen LogP contribution in [0.1, 0.15) is 41.5 Å². The Bertz CT molecular complexity index is 1100. The van der Waals surface area contributed by atoms with Gasteiger partial charge in [-0.2, -0.15) is 0 Å². The number of nitrogens with zero attached hydrogens (tertiary/aromatic N) is 2. The molecule has 1 aliphatic rings. The maximum Gasteiger partial charge on any atom is 0.264 e. The summed E-state index contributed by atoms with van der Waals surface area (Å²) in [5.41, 5.74) is 2.47.